The smallest absolute Gasteiger partial charge is 0.248 e. The Kier molecular flexibility index (Phi) is 2.56. The van der Waals surface area contributed by atoms with Crippen molar-refractivity contribution in [3.05, 3.63) is 12.4 Å². The van der Waals surface area contributed by atoms with E-state index >= 15 is 0 Å². The molecule has 0 amide bonds. The van der Waals surface area contributed by atoms with Gasteiger partial charge in [0.25, 0.3) is 0 Å². The highest BCUT2D eigenvalue weighted by Gasteiger charge is 1.86. The molecule has 6 nitrogen and oxygen atoms in total. The molecule has 0 aliphatic rings. The Morgan fingerprint density at radius 2 is 2.45 bits per heavy atom. The number of imidazole rings is 1. The van der Waals surface area contributed by atoms with E-state index in [9.17, 15) is 0 Å². The van der Waals surface area contributed by atoms with Gasteiger partial charge in [-0.05, 0) is 0 Å². The van der Waals surface area contributed by atoms with Gasteiger partial charge in [-0.3, -0.25) is 0 Å². The number of aromatic amines is 1. The second-order valence-corrected chi connectivity index (χ2v) is 2.11. The van der Waals surface area contributed by atoms with E-state index in [0.29, 0.717) is 5.95 Å². The Balaban J connectivity index is 2.37. The van der Waals surface area contributed by atoms with Gasteiger partial charge in [0, 0.05) is 26.5 Å². The summed E-state index contributed by atoms with van der Waals surface area (Å²) in [5.41, 5.74) is 2.62. The lowest BCUT2D eigenvalue weighted by Crippen LogP contribution is -2.24. The first-order valence-corrected chi connectivity index (χ1v) is 3.12. The van der Waals surface area contributed by atoms with E-state index in [4.69, 9.17) is 0 Å². The molecule has 0 saturated carbocycles. The number of hydrazine groups is 1. The van der Waals surface area contributed by atoms with Crippen LogP contribution in [0.4, 0.5) is 5.95 Å². The number of hydrogen-bond donors (Lipinski definition) is 2. The van der Waals surface area contributed by atoms with E-state index in [2.05, 4.69) is 25.8 Å². The molecule has 0 fully saturated rings. The molecule has 0 aliphatic carbocycles. The molecule has 0 spiro atoms. The number of nitrogens with zero attached hydrogens (tertiary/aromatic N) is 4. The molecule has 2 N–H and O–H groups in total. The SMILES string of the molecule is CN(C)NN=Nc1ncc[nH]1. The van der Waals surface area contributed by atoms with E-state index in [0.717, 1.165) is 0 Å². The number of rotatable bonds is 3. The minimum absolute atomic E-state index is 0.486. The summed E-state index contributed by atoms with van der Waals surface area (Å²) in [6.45, 7) is 0. The minimum atomic E-state index is 0.486. The van der Waals surface area contributed by atoms with Gasteiger partial charge in [-0.2, -0.15) is 0 Å². The maximum Gasteiger partial charge on any atom is 0.248 e. The van der Waals surface area contributed by atoms with Crippen molar-refractivity contribution in [2.45, 2.75) is 0 Å². The lowest BCUT2D eigenvalue weighted by molar-refractivity contribution is 0.288. The standard InChI is InChI=1S/C5H10N6/c1-11(2)10-9-8-5-6-3-4-7-5/h3-4H,1-2H3,(H2,6,7,8,10). The van der Waals surface area contributed by atoms with Gasteiger partial charge in [0.2, 0.25) is 5.95 Å². The molecule has 0 aliphatic heterocycles. The van der Waals surface area contributed by atoms with Crippen molar-refractivity contribution in [1.82, 2.24) is 20.5 Å². The molecule has 1 heterocycles. The molecule has 1 aromatic rings. The molecule has 0 unspecified atom stereocenters. The molecule has 11 heavy (non-hydrogen) atoms. The summed E-state index contributed by atoms with van der Waals surface area (Å²) in [4.78, 5) is 6.62. The van der Waals surface area contributed by atoms with Crippen molar-refractivity contribution in [1.29, 1.82) is 0 Å². The maximum atomic E-state index is 3.84. The quantitative estimate of drug-likeness (QED) is 0.491. The molecule has 1 aromatic heterocycles. The van der Waals surface area contributed by atoms with Crippen LogP contribution in [0.5, 0.6) is 0 Å². The monoisotopic (exact) mass is 154 g/mol. The second kappa shape index (κ2) is 3.67. The van der Waals surface area contributed by atoms with Gasteiger partial charge >= 0.3 is 0 Å². The van der Waals surface area contributed by atoms with E-state index in [1.807, 2.05) is 14.1 Å². The molecule has 60 valence electrons. The topological polar surface area (TPSA) is 68.7 Å². The predicted octanol–water partition coefficient (Wildman–Crippen LogP) is 0.475. The highest BCUT2D eigenvalue weighted by atomic mass is 15.7. The van der Waals surface area contributed by atoms with Crippen molar-refractivity contribution in [3.8, 4) is 0 Å². The average molecular weight is 154 g/mol. The number of nitrogens with one attached hydrogen (secondary N) is 2. The Morgan fingerprint density at radius 1 is 1.64 bits per heavy atom. The van der Waals surface area contributed by atoms with Crippen molar-refractivity contribution in [3.63, 3.8) is 0 Å². The minimum Gasteiger partial charge on any atom is -0.328 e. The lowest BCUT2D eigenvalue weighted by atomic mass is 11.0. The van der Waals surface area contributed by atoms with E-state index in [1.54, 1.807) is 17.4 Å². The first kappa shape index (κ1) is 7.67. The van der Waals surface area contributed by atoms with Crippen molar-refractivity contribution in [2.24, 2.45) is 10.3 Å². The highest BCUT2D eigenvalue weighted by Crippen LogP contribution is 1.99. The maximum absolute atomic E-state index is 3.84. The Bertz CT molecular complexity index is 213. The third-order valence-corrected chi connectivity index (χ3v) is 0.873. The van der Waals surface area contributed by atoms with Gasteiger partial charge in [-0.25, -0.2) is 15.5 Å². The van der Waals surface area contributed by atoms with E-state index in [-0.39, 0.29) is 0 Å². The first-order valence-electron chi connectivity index (χ1n) is 3.12. The fourth-order valence-corrected chi connectivity index (χ4v) is 0.471. The molecule has 0 bridgehead atoms. The second-order valence-electron chi connectivity index (χ2n) is 2.11. The van der Waals surface area contributed by atoms with Crippen molar-refractivity contribution < 1.29 is 0 Å². The van der Waals surface area contributed by atoms with Crippen LogP contribution in [0.2, 0.25) is 0 Å². The van der Waals surface area contributed by atoms with Crippen LogP contribution in [-0.2, 0) is 0 Å². The van der Waals surface area contributed by atoms with Crippen LogP contribution in [0.25, 0.3) is 0 Å². The van der Waals surface area contributed by atoms with Crippen molar-refractivity contribution in [2.75, 3.05) is 14.1 Å². The van der Waals surface area contributed by atoms with Crippen LogP contribution in [0.3, 0.4) is 0 Å². The third-order valence-electron chi connectivity index (χ3n) is 0.873. The summed E-state index contributed by atoms with van der Waals surface area (Å²) in [5, 5.41) is 9.01. The van der Waals surface area contributed by atoms with Gasteiger partial charge in [-0.1, -0.05) is 10.3 Å². The molecule has 1 rings (SSSR count). The van der Waals surface area contributed by atoms with Gasteiger partial charge in [0.05, 0.1) is 0 Å². The number of hydrogen-bond acceptors (Lipinski definition) is 4. The number of H-pyrrole nitrogens is 1. The van der Waals surface area contributed by atoms with Gasteiger partial charge in [-0.15, -0.1) is 0 Å². The average Bonchev–Trinajstić information content (AvgIpc) is 2.39. The van der Waals surface area contributed by atoms with Crippen LogP contribution in [-0.4, -0.2) is 29.1 Å². The summed E-state index contributed by atoms with van der Waals surface area (Å²) in [6.07, 6.45) is 3.30. The molecule has 0 saturated heterocycles. The Morgan fingerprint density at radius 3 is 3.00 bits per heavy atom. The van der Waals surface area contributed by atoms with Crippen LogP contribution >= 0.6 is 0 Å². The van der Waals surface area contributed by atoms with Gasteiger partial charge in [0.1, 0.15) is 0 Å². The van der Waals surface area contributed by atoms with Crippen molar-refractivity contribution >= 4 is 5.95 Å². The van der Waals surface area contributed by atoms with E-state index in [1.165, 1.54) is 0 Å². The Labute approximate surface area is 64.3 Å². The number of aromatic nitrogens is 2. The van der Waals surface area contributed by atoms with Crippen LogP contribution in [0, 0.1) is 0 Å². The lowest BCUT2D eigenvalue weighted by Gasteiger charge is -2.04. The molecular formula is C5H10N6. The summed E-state index contributed by atoms with van der Waals surface area (Å²) >= 11 is 0. The summed E-state index contributed by atoms with van der Waals surface area (Å²) < 4.78 is 0. The summed E-state index contributed by atoms with van der Waals surface area (Å²) in [7, 11) is 3.64. The zero-order valence-corrected chi connectivity index (χ0v) is 6.44. The Hall–Kier alpha value is -1.43. The molecule has 0 aromatic carbocycles. The largest absolute Gasteiger partial charge is 0.328 e. The van der Waals surface area contributed by atoms with Crippen LogP contribution in [0.1, 0.15) is 0 Å². The van der Waals surface area contributed by atoms with Gasteiger partial charge in [0.15, 0.2) is 0 Å². The fourth-order valence-electron chi connectivity index (χ4n) is 0.471. The highest BCUT2D eigenvalue weighted by molar-refractivity contribution is 5.09. The first-order chi connectivity index (χ1) is 5.29. The predicted molar refractivity (Wildman–Crippen MR) is 39.9 cm³/mol. The zero-order chi connectivity index (χ0) is 8.10. The molecule has 0 radical (unpaired) electrons. The normalized spacial score (nSPS) is 11.2. The molecular weight excluding hydrogens is 144 g/mol. The molecule has 0 atom stereocenters. The zero-order valence-electron chi connectivity index (χ0n) is 6.44. The van der Waals surface area contributed by atoms with E-state index < -0.39 is 0 Å². The van der Waals surface area contributed by atoms with Crippen LogP contribution < -0.4 is 5.53 Å². The third kappa shape index (κ3) is 2.76. The van der Waals surface area contributed by atoms with Crippen LogP contribution in [0.15, 0.2) is 22.7 Å². The fraction of sp³-hybridized carbons (Fsp3) is 0.400. The van der Waals surface area contributed by atoms with Gasteiger partial charge < -0.3 is 4.98 Å². The summed E-state index contributed by atoms with van der Waals surface area (Å²) in [6, 6.07) is 0. The molecule has 6 heteroatoms. The summed E-state index contributed by atoms with van der Waals surface area (Å²) in [5.74, 6) is 0.486.